The molecule has 1 aliphatic rings. The molecule has 0 saturated carbocycles. The van der Waals surface area contributed by atoms with Crippen LogP contribution in [-0.2, 0) is 15.4 Å². The van der Waals surface area contributed by atoms with Gasteiger partial charge in [-0.25, -0.2) is 8.42 Å². The number of carbonyl (C=O) groups excluding carboxylic acids is 1. The lowest BCUT2D eigenvalue weighted by atomic mass is 9.85. The zero-order valence-electron chi connectivity index (χ0n) is 20.6. The summed E-state index contributed by atoms with van der Waals surface area (Å²) in [5.41, 5.74) is 4.21. The van der Waals surface area contributed by atoms with E-state index in [-0.39, 0.29) is 24.4 Å². The third-order valence-corrected chi connectivity index (χ3v) is 8.67. The number of sulfonamides is 1. The van der Waals surface area contributed by atoms with Crippen LogP contribution in [0.25, 0.3) is 5.69 Å². The first-order valence-corrected chi connectivity index (χ1v) is 13.1. The molecule has 0 atom stereocenters. The number of rotatable bonds is 4. The standard InChI is InChI=1S/C27H33N3O3S/c1-20-18-23(27(3,4)5)19-21(2)25(20)34(32,33)30-16-14-29(15-17-30)26(31)22-8-10-24(11-9-22)28-12-6-7-13-28/h6-13,18-19H,14-17H2,1-5H3. The highest BCUT2D eigenvalue weighted by Gasteiger charge is 2.33. The van der Waals surface area contributed by atoms with Crippen molar-refractivity contribution in [1.82, 2.24) is 13.8 Å². The predicted octanol–water partition coefficient (Wildman–Crippen LogP) is 4.54. The Morgan fingerprint density at radius 1 is 0.853 bits per heavy atom. The number of hydrogen-bond acceptors (Lipinski definition) is 3. The fraction of sp³-hybridized carbons (Fsp3) is 0.370. The van der Waals surface area contributed by atoms with Crippen molar-refractivity contribution in [2.45, 2.75) is 44.9 Å². The minimum Gasteiger partial charge on any atom is -0.336 e. The first-order chi connectivity index (χ1) is 16.0. The van der Waals surface area contributed by atoms with E-state index in [0.29, 0.717) is 23.5 Å². The van der Waals surface area contributed by atoms with Gasteiger partial charge in [0.1, 0.15) is 0 Å². The van der Waals surface area contributed by atoms with E-state index in [9.17, 15) is 13.2 Å². The average Bonchev–Trinajstić information content (AvgIpc) is 3.32. The van der Waals surface area contributed by atoms with Crippen LogP contribution < -0.4 is 0 Å². The van der Waals surface area contributed by atoms with Crippen LogP contribution in [-0.4, -0.2) is 54.3 Å². The van der Waals surface area contributed by atoms with Crippen LogP contribution >= 0.6 is 0 Å². The molecule has 2 aromatic carbocycles. The number of aryl methyl sites for hydroxylation is 2. The Labute approximate surface area is 202 Å². The van der Waals surface area contributed by atoms with Gasteiger partial charge in [-0.3, -0.25) is 4.79 Å². The summed E-state index contributed by atoms with van der Waals surface area (Å²) in [6.07, 6.45) is 3.91. The molecule has 1 aliphatic heterocycles. The maximum atomic E-state index is 13.5. The molecule has 1 aromatic heterocycles. The molecule has 3 aromatic rings. The highest BCUT2D eigenvalue weighted by Crippen LogP contribution is 2.31. The van der Waals surface area contributed by atoms with Crippen molar-refractivity contribution >= 4 is 15.9 Å². The van der Waals surface area contributed by atoms with E-state index in [1.54, 1.807) is 4.90 Å². The molecule has 1 amide bonds. The zero-order valence-corrected chi connectivity index (χ0v) is 21.4. The lowest BCUT2D eigenvalue weighted by molar-refractivity contribution is 0.0698. The molecule has 0 bridgehead atoms. The molecule has 4 rings (SSSR count). The van der Waals surface area contributed by atoms with Crippen LogP contribution in [0.15, 0.2) is 65.8 Å². The van der Waals surface area contributed by atoms with Gasteiger partial charge >= 0.3 is 0 Å². The van der Waals surface area contributed by atoms with Crippen LogP contribution in [0.1, 0.15) is 47.8 Å². The normalized spacial score (nSPS) is 15.5. The summed E-state index contributed by atoms with van der Waals surface area (Å²) in [6.45, 7) is 11.4. The Hall–Kier alpha value is -2.90. The molecule has 1 saturated heterocycles. The second-order valence-electron chi connectivity index (χ2n) is 10.0. The fourth-order valence-corrected chi connectivity index (χ4v) is 6.35. The molecule has 2 heterocycles. The third-order valence-electron chi connectivity index (χ3n) is 6.47. The first-order valence-electron chi connectivity index (χ1n) is 11.6. The van der Waals surface area contributed by atoms with Gasteiger partial charge in [-0.1, -0.05) is 32.9 Å². The minimum absolute atomic E-state index is 0.0517. The van der Waals surface area contributed by atoms with E-state index in [0.717, 1.165) is 22.4 Å². The Morgan fingerprint density at radius 3 is 1.88 bits per heavy atom. The van der Waals surface area contributed by atoms with Gasteiger partial charge < -0.3 is 9.47 Å². The van der Waals surface area contributed by atoms with Gasteiger partial charge in [0.05, 0.1) is 4.90 Å². The minimum atomic E-state index is -3.64. The fourth-order valence-electron chi connectivity index (χ4n) is 4.52. The van der Waals surface area contributed by atoms with Crippen LogP contribution in [0.4, 0.5) is 0 Å². The zero-order chi connectivity index (χ0) is 24.7. The maximum Gasteiger partial charge on any atom is 0.253 e. The first kappa shape index (κ1) is 24.2. The van der Waals surface area contributed by atoms with Gasteiger partial charge in [0, 0.05) is 49.8 Å². The number of amides is 1. The maximum absolute atomic E-state index is 13.5. The van der Waals surface area contributed by atoms with Gasteiger partial charge in [0.15, 0.2) is 0 Å². The second-order valence-corrected chi connectivity index (χ2v) is 11.9. The van der Waals surface area contributed by atoms with E-state index in [2.05, 4.69) is 20.8 Å². The molecule has 0 unspecified atom stereocenters. The molecule has 0 spiro atoms. The van der Waals surface area contributed by atoms with Gasteiger partial charge in [-0.2, -0.15) is 4.31 Å². The Balaban J connectivity index is 1.46. The van der Waals surface area contributed by atoms with Crippen molar-refractivity contribution < 1.29 is 13.2 Å². The van der Waals surface area contributed by atoms with Crippen molar-refractivity contribution in [3.63, 3.8) is 0 Å². The molecule has 0 radical (unpaired) electrons. The largest absolute Gasteiger partial charge is 0.336 e. The Morgan fingerprint density at radius 2 is 1.38 bits per heavy atom. The summed E-state index contributed by atoms with van der Waals surface area (Å²) in [7, 11) is -3.64. The number of nitrogens with zero attached hydrogens (tertiary/aromatic N) is 3. The monoisotopic (exact) mass is 479 g/mol. The summed E-state index contributed by atoms with van der Waals surface area (Å²) in [4.78, 5) is 15.1. The number of aromatic nitrogens is 1. The van der Waals surface area contributed by atoms with Crippen molar-refractivity contribution in [3.05, 3.63) is 83.2 Å². The van der Waals surface area contributed by atoms with Crippen LogP contribution in [0.2, 0.25) is 0 Å². The van der Waals surface area contributed by atoms with E-state index < -0.39 is 10.0 Å². The molecular weight excluding hydrogens is 446 g/mol. The summed E-state index contributed by atoms with van der Waals surface area (Å²) in [6, 6.07) is 15.4. The van der Waals surface area contributed by atoms with E-state index >= 15 is 0 Å². The molecule has 180 valence electrons. The summed E-state index contributed by atoms with van der Waals surface area (Å²) >= 11 is 0. The lowest BCUT2D eigenvalue weighted by Crippen LogP contribution is -2.50. The topological polar surface area (TPSA) is 62.6 Å². The second kappa shape index (κ2) is 9.04. The highest BCUT2D eigenvalue weighted by molar-refractivity contribution is 7.89. The predicted molar refractivity (Wildman–Crippen MR) is 135 cm³/mol. The summed E-state index contributed by atoms with van der Waals surface area (Å²) in [5.74, 6) is -0.0713. The van der Waals surface area contributed by atoms with Gasteiger partial charge in [0.2, 0.25) is 10.0 Å². The van der Waals surface area contributed by atoms with Crippen molar-refractivity contribution in [1.29, 1.82) is 0 Å². The van der Waals surface area contributed by atoms with Gasteiger partial charge in [-0.05, 0) is 72.4 Å². The molecule has 0 aliphatic carbocycles. The molecule has 7 heteroatoms. The van der Waals surface area contributed by atoms with E-state index in [4.69, 9.17) is 0 Å². The van der Waals surface area contributed by atoms with Crippen molar-refractivity contribution in [2.75, 3.05) is 26.2 Å². The average molecular weight is 480 g/mol. The van der Waals surface area contributed by atoms with E-state index in [1.807, 2.05) is 79.3 Å². The smallest absolute Gasteiger partial charge is 0.253 e. The van der Waals surface area contributed by atoms with Gasteiger partial charge in [-0.15, -0.1) is 0 Å². The summed E-state index contributed by atoms with van der Waals surface area (Å²) < 4.78 is 30.5. The van der Waals surface area contributed by atoms with Crippen molar-refractivity contribution in [3.8, 4) is 5.69 Å². The third kappa shape index (κ3) is 4.68. The van der Waals surface area contributed by atoms with Crippen LogP contribution in [0.3, 0.4) is 0 Å². The molecule has 1 fully saturated rings. The van der Waals surface area contributed by atoms with Crippen molar-refractivity contribution in [2.24, 2.45) is 0 Å². The molecule has 0 N–H and O–H groups in total. The Bertz CT molecular complexity index is 1260. The van der Waals surface area contributed by atoms with Crippen LogP contribution in [0, 0.1) is 13.8 Å². The van der Waals surface area contributed by atoms with Gasteiger partial charge in [0.25, 0.3) is 5.91 Å². The summed E-state index contributed by atoms with van der Waals surface area (Å²) in [5, 5.41) is 0. The Kier molecular flexibility index (Phi) is 6.44. The quantitative estimate of drug-likeness (QED) is 0.552. The highest BCUT2D eigenvalue weighted by atomic mass is 32.2. The van der Waals surface area contributed by atoms with E-state index in [1.165, 1.54) is 4.31 Å². The SMILES string of the molecule is Cc1cc(C(C)(C)C)cc(C)c1S(=O)(=O)N1CCN(C(=O)c2ccc(-n3cccc3)cc2)CC1. The van der Waals surface area contributed by atoms with Crippen LogP contribution in [0.5, 0.6) is 0 Å². The number of hydrogen-bond donors (Lipinski definition) is 0. The molecule has 6 nitrogen and oxygen atoms in total. The molecule has 34 heavy (non-hydrogen) atoms. The number of carbonyl (C=O) groups is 1. The lowest BCUT2D eigenvalue weighted by Gasteiger charge is -2.35. The number of benzene rings is 2. The molecular formula is C27H33N3O3S. The number of piperazine rings is 1.